The normalized spacial score (nSPS) is 10.8. The Morgan fingerprint density at radius 3 is 3.00 bits per heavy atom. The van der Waals surface area contributed by atoms with Crippen LogP contribution in [0, 0.1) is 0 Å². The van der Waals surface area contributed by atoms with Crippen molar-refractivity contribution in [3.05, 3.63) is 53.6 Å². The summed E-state index contributed by atoms with van der Waals surface area (Å²) in [7, 11) is 0. The molecule has 0 saturated heterocycles. The zero-order valence-electron chi connectivity index (χ0n) is 9.19. The van der Waals surface area contributed by atoms with Crippen molar-refractivity contribution in [2.45, 2.75) is 12.8 Å². The highest BCUT2D eigenvalue weighted by Crippen LogP contribution is 2.04. The van der Waals surface area contributed by atoms with Gasteiger partial charge in [-0.1, -0.05) is 11.2 Å². The summed E-state index contributed by atoms with van der Waals surface area (Å²) in [4.78, 5) is 4.05. The summed E-state index contributed by atoms with van der Waals surface area (Å²) >= 11 is 0. The Kier molecular flexibility index (Phi) is 3.75. The lowest BCUT2D eigenvalue weighted by atomic mass is 10.1. The second kappa shape index (κ2) is 5.69. The predicted molar refractivity (Wildman–Crippen MR) is 63.1 cm³/mol. The van der Waals surface area contributed by atoms with E-state index in [-0.39, 0.29) is 0 Å². The minimum atomic E-state index is 0.740. The average molecular weight is 228 g/mol. The van der Waals surface area contributed by atoms with Crippen LogP contribution in [-0.4, -0.2) is 26.6 Å². The molecule has 0 atom stereocenters. The second-order valence-corrected chi connectivity index (χ2v) is 3.59. The first-order valence-electron chi connectivity index (χ1n) is 5.26. The van der Waals surface area contributed by atoms with Crippen molar-refractivity contribution >= 4 is 6.21 Å². The Labute approximate surface area is 98.9 Å². The summed E-state index contributed by atoms with van der Waals surface area (Å²) in [6, 6.07) is 5.79. The first-order valence-corrected chi connectivity index (χ1v) is 5.26. The van der Waals surface area contributed by atoms with E-state index < -0.39 is 0 Å². The topological polar surface area (TPSA) is 71.3 Å². The zero-order chi connectivity index (χ0) is 11.9. The van der Waals surface area contributed by atoms with E-state index in [1.165, 1.54) is 6.21 Å². The lowest BCUT2D eigenvalue weighted by molar-refractivity contribution is 0.322. The van der Waals surface area contributed by atoms with E-state index in [4.69, 9.17) is 5.21 Å². The summed E-state index contributed by atoms with van der Waals surface area (Å²) in [6.07, 6.45) is 8.12. The van der Waals surface area contributed by atoms with Gasteiger partial charge in [-0.05, 0) is 30.5 Å². The molecule has 2 aromatic rings. The van der Waals surface area contributed by atoms with Gasteiger partial charge >= 0.3 is 0 Å². The van der Waals surface area contributed by atoms with E-state index in [1.807, 2.05) is 24.4 Å². The monoisotopic (exact) mass is 228 g/mol. The molecular formula is C12H12N4O. The summed E-state index contributed by atoms with van der Waals surface area (Å²) in [5, 5.41) is 19.3. The van der Waals surface area contributed by atoms with Gasteiger partial charge in [-0.15, -0.1) is 0 Å². The minimum Gasteiger partial charge on any atom is -0.411 e. The Bertz CT molecular complexity index is 499. The third-order valence-electron chi connectivity index (χ3n) is 2.33. The van der Waals surface area contributed by atoms with Crippen molar-refractivity contribution in [2.24, 2.45) is 5.16 Å². The summed E-state index contributed by atoms with van der Waals surface area (Å²) < 4.78 is 0. The maximum Gasteiger partial charge on any atom is 0.0750 e. The van der Waals surface area contributed by atoms with Gasteiger partial charge in [0.05, 0.1) is 18.1 Å². The zero-order valence-corrected chi connectivity index (χ0v) is 9.19. The molecule has 5 heteroatoms. The number of hydrogen-bond acceptors (Lipinski definition) is 5. The Balaban J connectivity index is 2.02. The smallest absolute Gasteiger partial charge is 0.0750 e. The van der Waals surface area contributed by atoms with Crippen LogP contribution in [0.1, 0.15) is 16.8 Å². The third kappa shape index (κ3) is 3.34. The highest BCUT2D eigenvalue weighted by Gasteiger charge is 1.99. The van der Waals surface area contributed by atoms with Crippen LogP contribution in [0.25, 0.3) is 0 Å². The minimum absolute atomic E-state index is 0.740. The molecule has 2 heterocycles. The molecule has 0 aliphatic carbocycles. The quantitative estimate of drug-likeness (QED) is 0.488. The predicted octanol–water partition coefficient (Wildman–Crippen LogP) is 1.46. The fourth-order valence-electron chi connectivity index (χ4n) is 1.51. The highest BCUT2D eigenvalue weighted by atomic mass is 16.4. The second-order valence-electron chi connectivity index (χ2n) is 3.59. The lowest BCUT2D eigenvalue weighted by Gasteiger charge is -2.00. The van der Waals surface area contributed by atoms with E-state index in [1.54, 1.807) is 12.4 Å². The molecule has 0 amide bonds. The van der Waals surface area contributed by atoms with Crippen LogP contribution in [0.3, 0.4) is 0 Å². The van der Waals surface area contributed by atoms with Crippen LogP contribution in [0.4, 0.5) is 0 Å². The van der Waals surface area contributed by atoms with Crippen molar-refractivity contribution < 1.29 is 5.21 Å². The third-order valence-corrected chi connectivity index (χ3v) is 2.33. The van der Waals surface area contributed by atoms with Gasteiger partial charge in [0.15, 0.2) is 0 Å². The highest BCUT2D eigenvalue weighted by molar-refractivity contribution is 5.78. The van der Waals surface area contributed by atoms with Gasteiger partial charge in [0.2, 0.25) is 0 Å². The fourth-order valence-corrected chi connectivity index (χ4v) is 1.51. The molecule has 0 aliphatic heterocycles. The number of pyridine rings is 1. The molecule has 1 N–H and O–H groups in total. The first-order chi connectivity index (χ1) is 8.38. The van der Waals surface area contributed by atoms with Gasteiger partial charge in [-0.3, -0.25) is 4.98 Å². The van der Waals surface area contributed by atoms with Crippen LogP contribution in [0.2, 0.25) is 0 Å². The van der Waals surface area contributed by atoms with Crippen LogP contribution >= 0.6 is 0 Å². The molecule has 0 unspecified atom stereocenters. The first kappa shape index (κ1) is 11.2. The Hall–Kier alpha value is -2.30. The molecule has 2 aromatic heterocycles. The van der Waals surface area contributed by atoms with Gasteiger partial charge in [0.25, 0.3) is 0 Å². The number of aromatic nitrogens is 3. The van der Waals surface area contributed by atoms with Gasteiger partial charge in [-0.2, -0.15) is 10.2 Å². The maximum atomic E-state index is 8.43. The molecule has 0 radical (unpaired) electrons. The van der Waals surface area contributed by atoms with Crippen LogP contribution < -0.4 is 0 Å². The Morgan fingerprint density at radius 1 is 1.29 bits per heavy atom. The summed E-state index contributed by atoms with van der Waals surface area (Å²) in [5.74, 6) is 0. The molecule has 2 rings (SSSR count). The number of nitrogens with zero attached hydrogens (tertiary/aromatic N) is 4. The maximum absolute atomic E-state index is 8.43. The Morgan fingerprint density at radius 2 is 2.24 bits per heavy atom. The number of rotatable bonds is 4. The van der Waals surface area contributed by atoms with E-state index in [0.29, 0.717) is 0 Å². The van der Waals surface area contributed by atoms with Crippen molar-refractivity contribution in [2.75, 3.05) is 0 Å². The molecule has 0 aromatic carbocycles. The number of oxime groups is 1. The molecule has 17 heavy (non-hydrogen) atoms. The van der Waals surface area contributed by atoms with Gasteiger partial charge in [-0.25, -0.2) is 0 Å². The van der Waals surface area contributed by atoms with Gasteiger partial charge < -0.3 is 5.21 Å². The van der Waals surface area contributed by atoms with E-state index >= 15 is 0 Å². The average Bonchev–Trinajstić information content (AvgIpc) is 2.39. The standard InChI is InChI=1S/C12H12N4O/c17-15-9-11-6-12(16-14-8-11)4-3-10-2-1-5-13-7-10/h1-2,5-9,17H,3-4H2/b15-9+. The van der Waals surface area contributed by atoms with E-state index in [0.717, 1.165) is 29.7 Å². The molecule has 5 nitrogen and oxygen atoms in total. The van der Waals surface area contributed by atoms with Crippen molar-refractivity contribution in [3.8, 4) is 0 Å². The van der Waals surface area contributed by atoms with E-state index in [2.05, 4.69) is 20.3 Å². The molecule has 0 aliphatic rings. The fraction of sp³-hybridized carbons (Fsp3) is 0.167. The van der Waals surface area contributed by atoms with Gasteiger partial charge in [0, 0.05) is 18.0 Å². The van der Waals surface area contributed by atoms with Crippen molar-refractivity contribution in [3.63, 3.8) is 0 Å². The van der Waals surface area contributed by atoms with E-state index in [9.17, 15) is 0 Å². The van der Waals surface area contributed by atoms with Crippen LogP contribution in [-0.2, 0) is 12.8 Å². The van der Waals surface area contributed by atoms with Crippen LogP contribution in [0.5, 0.6) is 0 Å². The molecule has 0 fully saturated rings. The molecule has 0 bridgehead atoms. The van der Waals surface area contributed by atoms with Crippen LogP contribution in [0.15, 0.2) is 41.9 Å². The molecule has 86 valence electrons. The summed E-state index contributed by atoms with van der Waals surface area (Å²) in [6.45, 7) is 0. The van der Waals surface area contributed by atoms with Crippen molar-refractivity contribution in [1.82, 2.24) is 15.2 Å². The van der Waals surface area contributed by atoms with Crippen molar-refractivity contribution in [1.29, 1.82) is 0 Å². The number of aryl methyl sites for hydroxylation is 2. The summed E-state index contributed by atoms with van der Waals surface area (Å²) in [5.41, 5.74) is 2.77. The van der Waals surface area contributed by atoms with Gasteiger partial charge in [0.1, 0.15) is 0 Å². The lowest BCUT2D eigenvalue weighted by Crippen LogP contribution is -1.98. The largest absolute Gasteiger partial charge is 0.411 e. The molecular weight excluding hydrogens is 216 g/mol. The SMILES string of the molecule is O/N=C/c1cnnc(CCc2cccnc2)c1. The molecule has 0 spiro atoms. The molecule has 0 saturated carbocycles. The number of hydrogen-bond donors (Lipinski definition) is 1.